The van der Waals surface area contributed by atoms with Crippen LogP contribution >= 0.6 is 0 Å². The van der Waals surface area contributed by atoms with E-state index in [0.717, 1.165) is 21.9 Å². The molecule has 1 saturated heterocycles. The van der Waals surface area contributed by atoms with Gasteiger partial charge in [0.2, 0.25) is 5.91 Å². The molecule has 34 heavy (non-hydrogen) atoms. The van der Waals surface area contributed by atoms with Crippen LogP contribution in [0.1, 0.15) is 49.7 Å². The Morgan fingerprint density at radius 2 is 1.53 bits per heavy atom. The third-order valence-corrected chi connectivity index (χ3v) is 6.08. The molecule has 1 fully saturated rings. The number of carboxylic acids is 1. The van der Waals surface area contributed by atoms with Crippen LogP contribution < -0.4 is 10.6 Å². The standard InChI is InChI=1S/C25H23N2O4.C2H6.Fm/c28-15-26-22-20(17-7-2-1-3-8-17)12-13-21(23(25(30)31)27-24(22)29)19-11-10-16-6-4-5-9-18(16)14-19;1-2;/h1-11,14,20-23H,12-13H2,(H,26,28)(H,27,29)(H,30,31);1-2H3;/q-1;;. The number of carbonyl (C=O) groups excluding carboxylic acids is 2. The van der Waals surface area contributed by atoms with Crippen LogP contribution in [0.5, 0.6) is 0 Å². The molecule has 0 spiro atoms. The van der Waals surface area contributed by atoms with Crippen molar-refractivity contribution in [1.29, 1.82) is 0 Å². The Bertz CT molecular complexity index is 1110. The fourth-order valence-corrected chi connectivity index (χ4v) is 4.54. The van der Waals surface area contributed by atoms with E-state index >= 15 is 0 Å². The molecule has 0 radical (unpaired) electrons. The molecular formula is C27H29FmN2O4-. The summed E-state index contributed by atoms with van der Waals surface area (Å²) in [6, 6.07) is 21.3. The molecule has 4 rings (SSSR count). The van der Waals surface area contributed by atoms with Gasteiger partial charge in [0.25, 0.3) is 0 Å². The Morgan fingerprint density at radius 1 is 0.912 bits per heavy atom. The average molecular weight is 703 g/mol. The first kappa shape index (κ1) is 25.6. The summed E-state index contributed by atoms with van der Waals surface area (Å²) in [6.07, 6.45) is 2.69. The van der Waals surface area contributed by atoms with E-state index in [0.29, 0.717) is 12.8 Å². The predicted octanol–water partition coefficient (Wildman–Crippen LogP) is 4.12. The second-order valence-corrected chi connectivity index (χ2v) is 7.86. The molecule has 3 N–H and O–H groups in total. The van der Waals surface area contributed by atoms with Gasteiger partial charge in [-0.25, -0.2) is 4.79 Å². The molecule has 0 aromatic heterocycles. The van der Waals surface area contributed by atoms with Gasteiger partial charge in [-0.05, 0) is 34.7 Å². The second-order valence-electron chi connectivity index (χ2n) is 7.86. The van der Waals surface area contributed by atoms with Crippen molar-refractivity contribution >= 4 is 29.1 Å². The molecule has 0 bridgehead atoms. The molecule has 1 heterocycles. The molecule has 2 amide bonds. The number of carboxylic acid groups (broad SMARTS) is 1. The number of aliphatic carboxylic acids is 1. The third kappa shape index (κ3) is 5.38. The van der Waals surface area contributed by atoms with Crippen LogP contribution in [-0.2, 0) is 14.4 Å². The maximum Gasteiger partial charge on any atom is 0.326 e. The molecule has 3 aromatic carbocycles. The topological polar surface area (TPSA) is 95.5 Å². The van der Waals surface area contributed by atoms with Gasteiger partial charge < -0.3 is 20.5 Å². The van der Waals surface area contributed by atoms with Gasteiger partial charge in [-0.3, -0.25) is 4.79 Å². The Labute approximate surface area is 194 Å². The smallest absolute Gasteiger partial charge is 0.326 e. The summed E-state index contributed by atoms with van der Waals surface area (Å²) in [4.78, 5) is 36.2. The third-order valence-electron chi connectivity index (χ3n) is 6.08. The van der Waals surface area contributed by atoms with E-state index in [1.807, 2.05) is 86.6 Å². The molecule has 4 atom stereocenters. The number of hydrogen-bond donors (Lipinski definition) is 3. The summed E-state index contributed by atoms with van der Waals surface area (Å²) in [5.41, 5.74) is 1.78. The van der Waals surface area contributed by atoms with Crippen molar-refractivity contribution in [2.24, 2.45) is 0 Å². The van der Waals surface area contributed by atoms with Crippen LogP contribution in [0.15, 0.2) is 72.8 Å². The second kappa shape index (κ2) is 11.8. The molecule has 6 nitrogen and oxygen atoms in total. The van der Waals surface area contributed by atoms with Gasteiger partial charge in [-0.2, -0.15) is 6.41 Å². The summed E-state index contributed by atoms with van der Waals surface area (Å²) < 4.78 is 0. The van der Waals surface area contributed by atoms with E-state index in [9.17, 15) is 19.5 Å². The van der Waals surface area contributed by atoms with Crippen LogP contribution in [0.4, 0.5) is 0 Å². The number of amides is 2. The summed E-state index contributed by atoms with van der Waals surface area (Å²) in [7, 11) is 0. The maximum atomic E-state index is 13.0. The Morgan fingerprint density at radius 3 is 2.18 bits per heavy atom. The zero-order chi connectivity index (χ0) is 23.8. The van der Waals surface area contributed by atoms with Crippen LogP contribution in [-0.4, -0.2) is 35.5 Å². The average Bonchev–Trinajstić information content (AvgIpc) is 2.85. The molecule has 1 aliphatic heterocycles. The zero-order valence-electron chi connectivity index (χ0n) is 19.1. The van der Waals surface area contributed by atoms with Crippen molar-refractivity contribution < 1.29 is 19.5 Å². The molecular weight excluding hydrogens is 673 g/mol. The molecule has 4 unspecified atom stereocenters. The van der Waals surface area contributed by atoms with Crippen LogP contribution in [0.25, 0.3) is 10.8 Å². The molecule has 7 heteroatoms. The fraction of sp³-hybridized carbons (Fsp3) is 0.296. The van der Waals surface area contributed by atoms with Gasteiger partial charge >= 0.3 is 5.97 Å². The van der Waals surface area contributed by atoms with E-state index in [1.165, 1.54) is 0 Å². The number of hydrogen-bond acceptors (Lipinski definition) is 3. The minimum absolute atomic E-state index is 0. The van der Waals surface area contributed by atoms with Gasteiger partial charge in [-0.1, -0.05) is 86.6 Å². The first-order valence-electron chi connectivity index (χ1n) is 11.3. The van der Waals surface area contributed by atoms with Gasteiger partial charge in [0, 0.05) is 11.8 Å². The largest absolute Gasteiger partial charge is 0.520 e. The SMILES string of the molecule is CC.O=[C-]NC1C(=O)NC(C(=O)O)C(c2ccc3ccccc3c2)CCC1c1ccccc1.[Fm]. The number of nitrogens with one attached hydrogen (secondary N) is 2. The van der Waals surface area contributed by atoms with Crippen molar-refractivity contribution in [3.63, 3.8) is 0 Å². The minimum Gasteiger partial charge on any atom is -0.520 e. The minimum atomic E-state index is -1.10. The van der Waals surface area contributed by atoms with E-state index in [1.54, 1.807) is 6.41 Å². The normalized spacial score (nSPS) is 22.0. The molecule has 0 saturated carbocycles. The summed E-state index contributed by atoms with van der Waals surface area (Å²) in [6.45, 7) is 4.00. The van der Waals surface area contributed by atoms with Crippen molar-refractivity contribution in [2.75, 3.05) is 0 Å². The van der Waals surface area contributed by atoms with Crippen LogP contribution in [0, 0.1) is 0 Å². The summed E-state index contributed by atoms with van der Waals surface area (Å²) in [5, 5.41) is 17.1. The Hall–Kier alpha value is -4.67. The predicted molar refractivity (Wildman–Crippen MR) is 129 cm³/mol. The monoisotopic (exact) mass is 702 g/mol. The fourth-order valence-electron chi connectivity index (χ4n) is 4.54. The molecule has 3 aromatic rings. The number of fused-ring (bicyclic) bond motifs is 1. The van der Waals surface area contributed by atoms with Crippen molar-refractivity contribution in [2.45, 2.75) is 50.6 Å². The van der Waals surface area contributed by atoms with Gasteiger partial charge in [-0.15, -0.1) is 0 Å². The number of rotatable bonds is 5. The first-order chi connectivity index (χ1) is 16.1. The van der Waals surface area contributed by atoms with E-state index in [4.69, 9.17) is 0 Å². The summed E-state index contributed by atoms with van der Waals surface area (Å²) in [5.74, 6) is -2.31. The van der Waals surface area contributed by atoms with E-state index < -0.39 is 29.9 Å². The van der Waals surface area contributed by atoms with Gasteiger partial charge in [0.1, 0.15) is 6.04 Å². The van der Waals surface area contributed by atoms with E-state index in [-0.39, 0.29) is 5.92 Å². The van der Waals surface area contributed by atoms with Gasteiger partial charge in [0.05, 0.1) is 6.04 Å². The van der Waals surface area contributed by atoms with Crippen LogP contribution in [0.2, 0.25) is 0 Å². The Balaban J connectivity index is 0.00000133. The first-order valence-corrected chi connectivity index (χ1v) is 11.3. The molecule has 0 aliphatic carbocycles. The van der Waals surface area contributed by atoms with Gasteiger partial charge in [0.15, 0.2) is 0 Å². The van der Waals surface area contributed by atoms with Crippen molar-refractivity contribution in [3.8, 4) is 0 Å². The summed E-state index contributed by atoms with van der Waals surface area (Å²) >= 11 is 0. The Kier molecular flexibility index (Phi) is 8.89. The quantitative estimate of drug-likeness (QED) is 0.276. The molecule has 184 valence electrons. The van der Waals surface area contributed by atoms with Crippen molar-refractivity contribution in [1.82, 2.24) is 10.6 Å². The van der Waals surface area contributed by atoms with Crippen molar-refractivity contribution in [3.05, 3.63) is 83.9 Å². The number of benzene rings is 3. The zero-order valence-corrected chi connectivity index (χ0v) is 21.5. The molecule has 1 aliphatic rings. The maximum absolute atomic E-state index is 13.0. The number of carbonyl (C=O) groups is 2. The van der Waals surface area contributed by atoms with Crippen LogP contribution in [0.3, 0.4) is 0 Å². The van der Waals surface area contributed by atoms with E-state index in [2.05, 4.69) is 10.6 Å².